The molecule has 0 heterocycles. The van der Waals surface area contributed by atoms with Gasteiger partial charge in [0.15, 0.2) is 11.6 Å². The summed E-state index contributed by atoms with van der Waals surface area (Å²) in [6, 6.07) is 6.31. The normalized spacial score (nSPS) is 10.4. The molecule has 8 heteroatoms. The van der Waals surface area contributed by atoms with Crippen molar-refractivity contribution in [2.24, 2.45) is 0 Å². The van der Waals surface area contributed by atoms with Crippen molar-refractivity contribution in [3.63, 3.8) is 0 Å². The van der Waals surface area contributed by atoms with Crippen LogP contribution in [0.25, 0.3) is 0 Å². The van der Waals surface area contributed by atoms with Crippen molar-refractivity contribution in [1.29, 1.82) is 0 Å². The maximum Gasteiger partial charge on any atom is 0.312 e. The standard InChI is InChI=1S/C12H5BrF2INO3/c13-6-3-8(14)12(15)11(4-6)20-10-2-1-7(16)5-9(10)17(18)19/h1-5H. The molecule has 2 rings (SSSR count). The Hall–Kier alpha value is -1.29. The van der Waals surface area contributed by atoms with Crippen molar-refractivity contribution in [2.75, 3.05) is 0 Å². The van der Waals surface area contributed by atoms with Gasteiger partial charge in [-0.05, 0) is 46.9 Å². The third-order valence-corrected chi connectivity index (χ3v) is 3.43. The first-order valence-corrected chi connectivity index (χ1v) is 7.02. The molecule has 0 fully saturated rings. The lowest BCUT2D eigenvalue weighted by atomic mass is 10.3. The van der Waals surface area contributed by atoms with Crippen LogP contribution in [0.3, 0.4) is 0 Å². The van der Waals surface area contributed by atoms with Crippen LogP contribution in [0.2, 0.25) is 0 Å². The van der Waals surface area contributed by atoms with E-state index in [1.807, 2.05) is 22.6 Å². The van der Waals surface area contributed by atoms with E-state index < -0.39 is 22.3 Å². The van der Waals surface area contributed by atoms with Crippen molar-refractivity contribution >= 4 is 44.2 Å². The molecule has 20 heavy (non-hydrogen) atoms. The van der Waals surface area contributed by atoms with Gasteiger partial charge in [0, 0.05) is 14.1 Å². The number of hydrogen-bond acceptors (Lipinski definition) is 3. The second-order valence-corrected chi connectivity index (χ2v) is 5.83. The van der Waals surface area contributed by atoms with Gasteiger partial charge in [-0.3, -0.25) is 10.1 Å². The van der Waals surface area contributed by atoms with Crippen LogP contribution in [0.5, 0.6) is 11.5 Å². The van der Waals surface area contributed by atoms with Gasteiger partial charge in [-0.1, -0.05) is 15.9 Å². The van der Waals surface area contributed by atoms with Gasteiger partial charge in [0.1, 0.15) is 0 Å². The van der Waals surface area contributed by atoms with Gasteiger partial charge in [-0.25, -0.2) is 4.39 Å². The largest absolute Gasteiger partial charge is 0.447 e. The molecule has 104 valence electrons. The summed E-state index contributed by atoms with van der Waals surface area (Å²) < 4.78 is 32.9. The van der Waals surface area contributed by atoms with Crippen molar-refractivity contribution in [3.05, 3.63) is 60.1 Å². The number of hydrogen-bond donors (Lipinski definition) is 0. The maximum atomic E-state index is 13.6. The summed E-state index contributed by atoms with van der Waals surface area (Å²) in [7, 11) is 0. The third kappa shape index (κ3) is 3.23. The minimum absolute atomic E-state index is 0.160. The van der Waals surface area contributed by atoms with Gasteiger partial charge in [0.2, 0.25) is 11.6 Å². The van der Waals surface area contributed by atoms with Crippen LogP contribution in [0.1, 0.15) is 0 Å². The highest BCUT2D eigenvalue weighted by Gasteiger charge is 2.19. The molecule has 4 nitrogen and oxygen atoms in total. The molecule has 0 aliphatic carbocycles. The van der Waals surface area contributed by atoms with E-state index in [0.29, 0.717) is 3.57 Å². The molecule has 0 aliphatic rings. The molecule has 0 aromatic heterocycles. The van der Waals surface area contributed by atoms with Gasteiger partial charge >= 0.3 is 5.69 Å². The monoisotopic (exact) mass is 455 g/mol. The highest BCUT2D eigenvalue weighted by atomic mass is 127. The summed E-state index contributed by atoms with van der Waals surface area (Å²) in [6.07, 6.45) is 0. The fourth-order valence-corrected chi connectivity index (χ4v) is 2.33. The third-order valence-electron chi connectivity index (χ3n) is 2.30. The number of ether oxygens (including phenoxy) is 1. The lowest BCUT2D eigenvalue weighted by molar-refractivity contribution is -0.385. The first-order chi connectivity index (χ1) is 9.38. The molecule has 0 atom stereocenters. The molecule has 0 bridgehead atoms. The molecule has 0 aliphatic heterocycles. The van der Waals surface area contributed by atoms with Crippen molar-refractivity contribution in [2.45, 2.75) is 0 Å². The second kappa shape index (κ2) is 6.00. The van der Waals surface area contributed by atoms with E-state index in [2.05, 4.69) is 15.9 Å². The van der Waals surface area contributed by atoms with Crippen LogP contribution in [0, 0.1) is 25.3 Å². The fourth-order valence-electron chi connectivity index (χ4n) is 1.44. The lowest BCUT2D eigenvalue weighted by Crippen LogP contribution is -1.97. The fraction of sp³-hybridized carbons (Fsp3) is 0. The van der Waals surface area contributed by atoms with E-state index in [4.69, 9.17) is 4.74 Å². The van der Waals surface area contributed by atoms with Crippen LogP contribution in [0.4, 0.5) is 14.5 Å². The van der Waals surface area contributed by atoms with Gasteiger partial charge in [-0.15, -0.1) is 0 Å². The van der Waals surface area contributed by atoms with Crippen LogP contribution in [-0.4, -0.2) is 4.92 Å². The number of benzene rings is 2. The Balaban J connectivity index is 2.48. The first kappa shape index (κ1) is 15.1. The Morgan fingerprint density at radius 1 is 1.20 bits per heavy atom. The van der Waals surface area contributed by atoms with Crippen LogP contribution in [0.15, 0.2) is 34.8 Å². The average Bonchev–Trinajstić information content (AvgIpc) is 2.37. The zero-order valence-corrected chi connectivity index (χ0v) is 13.3. The average molecular weight is 456 g/mol. The highest BCUT2D eigenvalue weighted by Crippen LogP contribution is 2.35. The summed E-state index contributed by atoms with van der Waals surface area (Å²) in [6.45, 7) is 0. The number of nitro groups is 1. The molecule has 0 N–H and O–H groups in total. The molecular formula is C12H5BrF2INO3. The number of rotatable bonds is 3. The summed E-state index contributed by atoms with van der Waals surface area (Å²) in [5, 5.41) is 10.9. The molecule has 0 unspecified atom stereocenters. The lowest BCUT2D eigenvalue weighted by Gasteiger charge is -2.08. The predicted octanol–water partition coefficient (Wildman–Crippen LogP) is 5.03. The summed E-state index contributed by atoms with van der Waals surface area (Å²) in [5.74, 6) is -2.91. The smallest absolute Gasteiger partial charge is 0.312 e. The first-order valence-electron chi connectivity index (χ1n) is 5.15. The number of nitrogens with zero attached hydrogens (tertiary/aromatic N) is 1. The highest BCUT2D eigenvalue weighted by molar-refractivity contribution is 14.1. The molecule has 0 radical (unpaired) electrons. The minimum Gasteiger partial charge on any atom is -0.447 e. The molecule has 0 saturated heterocycles. The van der Waals surface area contributed by atoms with Crippen molar-refractivity contribution in [3.8, 4) is 11.5 Å². The number of halogens is 4. The van der Waals surface area contributed by atoms with E-state index in [1.165, 1.54) is 18.2 Å². The van der Waals surface area contributed by atoms with Crippen LogP contribution < -0.4 is 4.74 Å². The van der Waals surface area contributed by atoms with Gasteiger partial charge in [0.25, 0.3) is 0 Å². The number of nitro benzene ring substituents is 1. The maximum absolute atomic E-state index is 13.6. The molecular weight excluding hydrogens is 451 g/mol. The van der Waals surface area contributed by atoms with Gasteiger partial charge in [-0.2, -0.15) is 4.39 Å². The summed E-state index contributed by atoms with van der Waals surface area (Å²) in [4.78, 5) is 10.3. The van der Waals surface area contributed by atoms with E-state index >= 15 is 0 Å². The van der Waals surface area contributed by atoms with E-state index in [1.54, 1.807) is 6.07 Å². The van der Waals surface area contributed by atoms with Crippen molar-refractivity contribution in [1.82, 2.24) is 0 Å². The molecule has 0 spiro atoms. The predicted molar refractivity (Wildman–Crippen MR) is 79.9 cm³/mol. The Kier molecular flexibility index (Phi) is 4.53. The van der Waals surface area contributed by atoms with Crippen LogP contribution >= 0.6 is 38.5 Å². The van der Waals surface area contributed by atoms with E-state index in [9.17, 15) is 18.9 Å². The van der Waals surface area contributed by atoms with Crippen LogP contribution in [-0.2, 0) is 0 Å². The van der Waals surface area contributed by atoms with E-state index in [-0.39, 0.29) is 15.9 Å². The Morgan fingerprint density at radius 2 is 1.90 bits per heavy atom. The summed E-state index contributed by atoms with van der Waals surface area (Å²) in [5.41, 5.74) is -0.323. The van der Waals surface area contributed by atoms with Gasteiger partial charge in [0.05, 0.1) is 4.92 Å². The second-order valence-electron chi connectivity index (χ2n) is 3.67. The SMILES string of the molecule is O=[N+]([O-])c1cc(I)ccc1Oc1cc(Br)cc(F)c1F. The zero-order chi connectivity index (χ0) is 14.9. The minimum atomic E-state index is -1.21. The zero-order valence-electron chi connectivity index (χ0n) is 9.57. The topological polar surface area (TPSA) is 52.4 Å². The molecule has 0 saturated carbocycles. The molecule has 0 amide bonds. The molecule has 2 aromatic rings. The summed E-state index contributed by atoms with van der Waals surface area (Å²) >= 11 is 4.90. The van der Waals surface area contributed by atoms with Crippen molar-refractivity contribution < 1.29 is 18.4 Å². The Bertz CT molecular complexity index is 697. The molecule has 2 aromatic carbocycles. The Morgan fingerprint density at radius 3 is 2.55 bits per heavy atom. The van der Waals surface area contributed by atoms with E-state index in [0.717, 1.165) is 6.07 Å². The Labute approximate surface area is 134 Å². The van der Waals surface area contributed by atoms with Gasteiger partial charge < -0.3 is 4.74 Å². The quantitative estimate of drug-likeness (QED) is 0.282.